The van der Waals surface area contributed by atoms with Crippen molar-refractivity contribution in [3.63, 3.8) is 0 Å². The molecule has 0 aliphatic heterocycles. The van der Waals surface area contributed by atoms with Gasteiger partial charge in [0.05, 0.1) is 16.8 Å². The van der Waals surface area contributed by atoms with Crippen molar-refractivity contribution in [2.24, 2.45) is 0 Å². The number of halogens is 1. The quantitative estimate of drug-likeness (QED) is 0.530. The van der Waals surface area contributed by atoms with E-state index in [0.717, 1.165) is 5.56 Å². The van der Waals surface area contributed by atoms with E-state index in [4.69, 9.17) is 0 Å². The summed E-state index contributed by atoms with van der Waals surface area (Å²) in [5.41, 5.74) is 1.69. The van der Waals surface area contributed by atoms with Crippen molar-refractivity contribution >= 4 is 22.5 Å². The Morgan fingerprint density at radius 3 is 2.65 bits per heavy atom. The number of rotatable bonds is 3. The van der Waals surface area contributed by atoms with E-state index in [1.807, 2.05) is 30.3 Å². The van der Waals surface area contributed by atoms with E-state index >= 15 is 0 Å². The normalized spacial score (nSPS) is 10.8. The molecule has 128 valence electrons. The van der Waals surface area contributed by atoms with Crippen LogP contribution in [-0.4, -0.2) is 21.1 Å². The molecule has 0 aliphatic rings. The minimum Gasteiger partial charge on any atom is -0.315 e. The predicted molar refractivity (Wildman–Crippen MR) is 96.5 cm³/mol. The number of anilines is 1. The van der Waals surface area contributed by atoms with E-state index in [2.05, 4.69) is 20.5 Å². The molecule has 0 bridgehead atoms. The van der Waals surface area contributed by atoms with Crippen LogP contribution in [0, 0.1) is 5.82 Å². The van der Waals surface area contributed by atoms with Gasteiger partial charge in [-0.3, -0.25) is 24.8 Å². The number of hydrogen-bond acceptors (Lipinski definition) is 3. The van der Waals surface area contributed by atoms with Gasteiger partial charge in [-0.1, -0.05) is 30.3 Å². The smallest absolute Gasteiger partial charge is 0.288 e. The molecule has 7 heteroatoms. The Balaban J connectivity index is 1.69. The number of nitrogens with zero attached hydrogens (tertiary/aromatic N) is 1. The summed E-state index contributed by atoms with van der Waals surface area (Å²) in [4.78, 5) is 28.8. The van der Waals surface area contributed by atoms with E-state index in [1.54, 1.807) is 0 Å². The van der Waals surface area contributed by atoms with Gasteiger partial charge in [0.2, 0.25) is 0 Å². The van der Waals surface area contributed by atoms with Gasteiger partial charge in [0.1, 0.15) is 11.5 Å². The number of carbonyl (C=O) groups excluding carboxylic acids is 1. The molecule has 4 aromatic rings. The molecular weight excluding hydrogens is 335 g/mol. The van der Waals surface area contributed by atoms with Crippen molar-refractivity contribution in [2.75, 3.05) is 5.32 Å². The molecule has 2 heterocycles. The van der Waals surface area contributed by atoms with Gasteiger partial charge in [-0.05, 0) is 24.3 Å². The number of carbonyl (C=O) groups is 1. The third-order valence-electron chi connectivity index (χ3n) is 3.98. The van der Waals surface area contributed by atoms with Gasteiger partial charge in [-0.15, -0.1) is 0 Å². The average molecular weight is 348 g/mol. The van der Waals surface area contributed by atoms with Gasteiger partial charge in [0, 0.05) is 17.1 Å². The van der Waals surface area contributed by atoms with Crippen molar-refractivity contribution in [2.45, 2.75) is 0 Å². The van der Waals surface area contributed by atoms with Crippen molar-refractivity contribution in [1.29, 1.82) is 0 Å². The number of aromatic nitrogens is 3. The van der Waals surface area contributed by atoms with Crippen LogP contribution in [0.2, 0.25) is 0 Å². The van der Waals surface area contributed by atoms with Crippen molar-refractivity contribution in [3.8, 4) is 11.3 Å². The van der Waals surface area contributed by atoms with Gasteiger partial charge in [-0.2, -0.15) is 0 Å². The maximum Gasteiger partial charge on any atom is 0.288 e. The first-order valence-corrected chi connectivity index (χ1v) is 7.84. The van der Waals surface area contributed by atoms with Gasteiger partial charge in [0.15, 0.2) is 0 Å². The average Bonchev–Trinajstić information content (AvgIpc) is 3.02. The number of benzene rings is 2. The first-order valence-electron chi connectivity index (χ1n) is 7.84. The van der Waals surface area contributed by atoms with Crippen LogP contribution in [-0.2, 0) is 0 Å². The maximum atomic E-state index is 13.4. The molecule has 0 saturated carbocycles. The second-order valence-corrected chi connectivity index (χ2v) is 5.71. The molecule has 0 radical (unpaired) electrons. The van der Waals surface area contributed by atoms with Gasteiger partial charge < -0.3 is 5.32 Å². The summed E-state index contributed by atoms with van der Waals surface area (Å²) < 4.78 is 13.4. The minimum absolute atomic E-state index is 0.112. The van der Waals surface area contributed by atoms with E-state index in [-0.39, 0.29) is 11.3 Å². The summed E-state index contributed by atoms with van der Waals surface area (Å²) in [6.07, 6.45) is 1.39. The number of aromatic amines is 2. The fourth-order valence-corrected chi connectivity index (χ4v) is 2.71. The number of nitrogens with one attached hydrogen (secondary N) is 3. The highest BCUT2D eigenvalue weighted by molar-refractivity contribution is 6.07. The molecule has 4 rings (SSSR count). The van der Waals surface area contributed by atoms with Crippen LogP contribution in [0.15, 0.2) is 65.6 Å². The monoisotopic (exact) mass is 348 g/mol. The van der Waals surface area contributed by atoms with Gasteiger partial charge in [0.25, 0.3) is 11.5 Å². The van der Waals surface area contributed by atoms with Crippen LogP contribution < -0.4 is 10.9 Å². The Kier molecular flexibility index (Phi) is 3.81. The minimum atomic E-state index is -0.508. The predicted octanol–water partition coefficient (Wildman–Crippen LogP) is 3.31. The summed E-state index contributed by atoms with van der Waals surface area (Å²) in [7, 11) is 0. The lowest BCUT2D eigenvalue weighted by Gasteiger charge is -2.06. The Labute approximate surface area is 146 Å². The molecular formula is C19H13FN4O2. The summed E-state index contributed by atoms with van der Waals surface area (Å²) in [6.45, 7) is 0. The summed E-state index contributed by atoms with van der Waals surface area (Å²) >= 11 is 0. The van der Waals surface area contributed by atoms with Crippen LogP contribution in [0.1, 0.15) is 10.4 Å². The van der Waals surface area contributed by atoms with Crippen LogP contribution in [0.25, 0.3) is 22.2 Å². The molecule has 0 unspecified atom stereocenters. The van der Waals surface area contributed by atoms with Crippen molar-refractivity contribution in [3.05, 3.63) is 82.5 Å². The van der Waals surface area contributed by atoms with E-state index in [0.29, 0.717) is 16.6 Å². The SMILES string of the molecule is O=C(Nc1c(-c2ccccc2)[nH][nH]c1=O)c1cnc2ccc(F)cc2c1. The zero-order chi connectivity index (χ0) is 18.1. The molecule has 0 aliphatic carbocycles. The van der Waals surface area contributed by atoms with E-state index < -0.39 is 17.3 Å². The summed E-state index contributed by atoms with van der Waals surface area (Å²) in [5.74, 6) is -0.920. The largest absolute Gasteiger partial charge is 0.315 e. The number of hydrogen-bond donors (Lipinski definition) is 3. The molecule has 0 fully saturated rings. The third kappa shape index (κ3) is 2.86. The molecule has 0 atom stereocenters. The number of amides is 1. The first-order chi connectivity index (χ1) is 12.6. The zero-order valence-electron chi connectivity index (χ0n) is 13.4. The topological polar surface area (TPSA) is 90.6 Å². The molecule has 2 aromatic carbocycles. The standard InChI is InChI=1S/C19H13FN4O2/c20-14-6-7-15-12(9-14)8-13(10-21-15)18(25)22-17-16(23-24-19(17)26)11-4-2-1-3-5-11/h1-10H,(H,22,25)(H2,23,24,26). The molecule has 2 aromatic heterocycles. The summed E-state index contributed by atoms with van der Waals surface area (Å²) in [5, 5.41) is 8.34. The van der Waals surface area contributed by atoms with E-state index in [9.17, 15) is 14.0 Å². The van der Waals surface area contributed by atoms with E-state index in [1.165, 1.54) is 30.5 Å². The van der Waals surface area contributed by atoms with Crippen LogP contribution in [0.5, 0.6) is 0 Å². The van der Waals surface area contributed by atoms with Crippen LogP contribution >= 0.6 is 0 Å². The highest BCUT2D eigenvalue weighted by atomic mass is 19.1. The number of pyridine rings is 1. The lowest BCUT2D eigenvalue weighted by atomic mass is 10.1. The third-order valence-corrected chi connectivity index (χ3v) is 3.98. The fraction of sp³-hybridized carbons (Fsp3) is 0. The second-order valence-electron chi connectivity index (χ2n) is 5.71. The Morgan fingerprint density at radius 2 is 1.85 bits per heavy atom. The molecule has 6 nitrogen and oxygen atoms in total. The Morgan fingerprint density at radius 1 is 1.04 bits per heavy atom. The molecule has 1 amide bonds. The highest BCUT2D eigenvalue weighted by Gasteiger charge is 2.16. The Bertz CT molecular complexity index is 1170. The molecule has 26 heavy (non-hydrogen) atoms. The molecule has 3 N–H and O–H groups in total. The number of H-pyrrole nitrogens is 2. The lowest BCUT2D eigenvalue weighted by molar-refractivity contribution is 0.102. The molecule has 0 spiro atoms. The maximum absolute atomic E-state index is 13.4. The van der Waals surface area contributed by atoms with Gasteiger partial charge in [-0.25, -0.2) is 4.39 Å². The summed E-state index contributed by atoms with van der Waals surface area (Å²) in [6, 6.07) is 14.8. The highest BCUT2D eigenvalue weighted by Crippen LogP contribution is 2.23. The van der Waals surface area contributed by atoms with Crippen molar-refractivity contribution < 1.29 is 9.18 Å². The Hall–Kier alpha value is -3.74. The van der Waals surface area contributed by atoms with Gasteiger partial charge >= 0.3 is 0 Å². The van der Waals surface area contributed by atoms with Crippen LogP contribution in [0.4, 0.5) is 10.1 Å². The molecule has 0 saturated heterocycles. The zero-order valence-corrected chi connectivity index (χ0v) is 13.4. The number of fused-ring (bicyclic) bond motifs is 1. The fourth-order valence-electron chi connectivity index (χ4n) is 2.71. The first kappa shape index (κ1) is 15.8. The lowest BCUT2D eigenvalue weighted by Crippen LogP contribution is -2.17. The van der Waals surface area contributed by atoms with Crippen molar-refractivity contribution in [1.82, 2.24) is 15.2 Å². The second kappa shape index (κ2) is 6.29. The van der Waals surface area contributed by atoms with Crippen LogP contribution in [0.3, 0.4) is 0 Å².